The molecule has 0 heterocycles. The molecule has 2 aromatic carbocycles. The van der Waals surface area contributed by atoms with E-state index in [-0.39, 0.29) is 0 Å². The fraction of sp³-hybridized carbons (Fsp3) is 0.333. The van der Waals surface area contributed by atoms with E-state index in [9.17, 15) is 0 Å². The van der Waals surface area contributed by atoms with E-state index in [1.165, 1.54) is 11.1 Å². The molecule has 0 amide bonds. The second-order valence-electron chi connectivity index (χ2n) is 5.28. The number of benzene rings is 2. The summed E-state index contributed by atoms with van der Waals surface area (Å²) in [6, 6.07) is 17.0. The van der Waals surface area contributed by atoms with E-state index in [2.05, 4.69) is 50.4 Å². The molecule has 0 radical (unpaired) electrons. The summed E-state index contributed by atoms with van der Waals surface area (Å²) in [6.07, 6.45) is 1.05. The Labute approximate surface area is 121 Å². The van der Waals surface area contributed by atoms with E-state index in [1.807, 2.05) is 24.3 Å². The molecule has 2 heteroatoms. The minimum absolute atomic E-state index is 0.487. The Kier molecular flexibility index (Phi) is 5.19. The number of hydrogen-bond donors (Lipinski definition) is 1. The van der Waals surface area contributed by atoms with Crippen LogP contribution in [0.15, 0.2) is 48.5 Å². The van der Waals surface area contributed by atoms with E-state index in [0.717, 1.165) is 24.5 Å². The molecule has 0 saturated heterocycles. The van der Waals surface area contributed by atoms with E-state index in [4.69, 9.17) is 4.74 Å². The van der Waals surface area contributed by atoms with Crippen LogP contribution in [0.25, 0.3) is 0 Å². The zero-order valence-electron chi connectivity index (χ0n) is 12.5. The lowest BCUT2D eigenvalue weighted by Gasteiger charge is -2.10. The van der Waals surface area contributed by atoms with Crippen molar-refractivity contribution in [3.63, 3.8) is 0 Å². The van der Waals surface area contributed by atoms with Crippen LogP contribution in [0.3, 0.4) is 0 Å². The molecule has 0 atom stereocenters. The van der Waals surface area contributed by atoms with Crippen molar-refractivity contribution in [1.82, 2.24) is 5.32 Å². The van der Waals surface area contributed by atoms with Crippen molar-refractivity contribution in [3.05, 3.63) is 59.7 Å². The van der Waals surface area contributed by atoms with Crippen molar-refractivity contribution in [2.24, 2.45) is 0 Å². The molecule has 2 aromatic rings. The van der Waals surface area contributed by atoms with Gasteiger partial charge in [-0.3, -0.25) is 0 Å². The average molecular weight is 269 g/mol. The summed E-state index contributed by atoms with van der Waals surface area (Å²) >= 11 is 0. The van der Waals surface area contributed by atoms with E-state index < -0.39 is 0 Å². The molecule has 0 unspecified atom stereocenters. The van der Waals surface area contributed by atoms with Crippen LogP contribution in [0.2, 0.25) is 0 Å². The van der Waals surface area contributed by atoms with Crippen LogP contribution in [0.5, 0.6) is 11.5 Å². The minimum atomic E-state index is 0.487. The summed E-state index contributed by atoms with van der Waals surface area (Å²) in [6.45, 7) is 7.32. The Morgan fingerprint density at radius 1 is 0.950 bits per heavy atom. The third-order valence-electron chi connectivity index (χ3n) is 3.18. The van der Waals surface area contributed by atoms with E-state index in [0.29, 0.717) is 6.04 Å². The molecule has 1 N–H and O–H groups in total. The Balaban J connectivity index is 2.02. The van der Waals surface area contributed by atoms with Crippen LogP contribution in [0, 0.1) is 0 Å². The van der Waals surface area contributed by atoms with Gasteiger partial charge in [0.25, 0.3) is 0 Å². The lowest BCUT2D eigenvalue weighted by molar-refractivity contribution is 0.481. The summed E-state index contributed by atoms with van der Waals surface area (Å²) in [5.41, 5.74) is 2.56. The smallest absolute Gasteiger partial charge is 0.127 e. The summed E-state index contributed by atoms with van der Waals surface area (Å²) in [5.74, 6) is 1.77. The quantitative estimate of drug-likeness (QED) is 0.831. The molecule has 0 fully saturated rings. The highest BCUT2D eigenvalue weighted by Gasteiger charge is 2.00. The summed E-state index contributed by atoms with van der Waals surface area (Å²) < 4.78 is 5.90. The van der Waals surface area contributed by atoms with Gasteiger partial charge < -0.3 is 10.1 Å². The summed E-state index contributed by atoms with van der Waals surface area (Å²) in [4.78, 5) is 0. The lowest BCUT2D eigenvalue weighted by Crippen LogP contribution is -2.21. The van der Waals surface area contributed by atoms with Crippen molar-refractivity contribution < 1.29 is 4.74 Å². The highest BCUT2D eigenvalue weighted by Crippen LogP contribution is 2.22. The van der Waals surface area contributed by atoms with Gasteiger partial charge in [0.1, 0.15) is 11.5 Å². The number of aryl methyl sites for hydroxylation is 1. The zero-order valence-corrected chi connectivity index (χ0v) is 12.5. The SMILES string of the molecule is CCc1ccc(Oc2cccc(CNC(C)C)c2)cc1. The zero-order chi connectivity index (χ0) is 14.4. The second kappa shape index (κ2) is 7.11. The first kappa shape index (κ1) is 14.6. The maximum absolute atomic E-state index is 5.90. The number of ether oxygens (including phenoxy) is 1. The summed E-state index contributed by atoms with van der Waals surface area (Å²) in [7, 11) is 0. The van der Waals surface area contributed by atoms with Crippen molar-refractivity contribution >= 4 is 0 Å². The third-order valence-corrected chi connectivity index (χ3v) is 3.18. The maximum atomic E-state index is 5.90. The van der Waals surface area contributed by atoms with Gasteiger partial charge in [-0.1, -0.05) is 45.0 Å². The van der Waals surface area contributed by atoms with Gasteiger partial charge in [-0.05, 0) is 41.8 Å². The fourth-order valence-electron chi connectivity index (χ4n) is 1.97. The van der Waals surface area contributed by atoms with E-state index >= 15 is 0 Å². The molecule has 20 heavy (non-hydrogen) atoms. The monoisotopic (exact) mass is 269 g/mol. The molecule has 2 rings (SSSR count). The van der Waals surface area contributed by atoms with Gasteiger partial charge in [0.15, 0.2) is 0 Å². The first-order valence-electron chi connectivity index (χ1n) is 7.26. The standard InChI is InChI=1S/C18H23NO/c1-4-15-8-10-17(11-9-15)20-18-7-5-6-16(12-18)13-19-14(2)3/h5-12,14,19H,4,13H2,1-3H3. The largest absolute Gasteiger partial charge is 0.457 e. The third kappa shape index (κ3) is 4.39. The molecule has 2 nitrogen and oxygen atoms in total. The highest BCUT2D eigenvalue weighted by molar-refractivity contribution is 5.35. The summed E-state index contributed by atoms with van der Waals surface area (Å²) in [5, 5.41) is 3.41. The van der Waals surface area contributed by atoms with Gasteiger partial charge in [0.2, 0.25) is 0 Å². The van der Waals surface area contributed by atoms with Crippen molar-refractivity contribution in [1.29, 1.82) is 0 Å². The number of nitrogens with one attached hydrogen (secondary N) is 1. The van der Waals surface area contributed by atoms with E-state index in [1.54, 1.807) is 0 Å². The first-order chi connectivity index (χ1) is 9.67. The van der Waals surface area contributed by atoms with Crippen LogP contribution in [0.4, 0.5) is 0 Å². The predicted octanol–water partition coefficient (Wildman–Crippen LogP) is 4.54. The molecular weight excluding hydrogens is 246 g/mol. The van der Waals surface area contributed by atoms with Gasteiger partial charge in [-0.2, -0.15) is 0 Å². The topological polar surface area (TPSA) is 21.3 Å². The van der Waals surface area contributed by atoms with Crippen molar-refractivity contribution in [2.75, 3.05) is 0 Å². The van der Waals surface area contributed by atoms with Gasteiger partial charge in [0, 0.05) is 12.6 Å². The number of hydrogen-bond acceptors (Lipinski definition) is 2. The average Bonchev–Trinajstić information content (AvgIpc) is 2.46. The van der Waals surface area contributed by atoms with Gasteiger partial charge in [0.05, 0.1) is 0 Å². The van der Waals surface area contributed by atoms with Crippen LogP contribution in [-0.4, -0.2) is 6.04 Å². The Morgan fingerprint density at radius 2 is 1.70 bits per heavy atom. The minimum Gasteiger partial charge on any atom is -0.457 e. The second-order valence-corrected chi connectivity index (χ2v) is 5.28. The van der Waals surface area contributed by atoms with Crippen LogP contribution in [0.1, 0.15) is 31.9 Å². The molecule has 0 aromatic heterocycles. The highest BCUT2D eigenvalue weighted by atomic mass is 16.5. The Hall–Kier alpha value is -1.80. The molecule has 0 aliphatic carbocycles. The first-order valence-corrected chi connectivity index (χ1v) is 7.26. The molecule has 0 bridgehead atoms. The maximum Gasteiger partial charge on any atom is 0.127 e. The lowest BCUT2D eigenvalue weighted by atomic mass is 10.2. The molecule has 0 spiro atoms. The van der Waals surface area contributed by atoms with Gasteiger partial charge >= 0.3 is 0 Å². The van der Waals surface area contributed by atoms with Gasteiger partial charge in [-0.15, -0.1) is 0 Å². The molecule has 0 aliphatic rings. The fourth-order valence-corrected chi connectivity index (χ4v) is 1.97. The molecular formula is C18H23NO. The van der Waals surface area contributed by atoms with Gasteiger partial charge in [-0.25, -0.2) is 0 Å². The normalized spacial score (nSPS) is 10.8. The predicted molar refractivity (Wildman–Crippen MR) is 84.3 cm³/mol. The Bertz CT molecular complexity index is 531. The van der Waals surface area contributed by atoms with Crippen LogP contribution < -0.4 is 10.1 Å². The Morgan fingerprint density at radius 3 is 2.35 bits per heavy atom. The van der Waals surface area contributed by atoms with Crippen molar-refractivity contribution in [2.45, 2.75) is 39.8 Å². The van der Waals surface area contributed by atoms with Crippen LogP contribution >= 0.6 is 0 Å². The molecule has 106 valence electrons. The van der Waals surface area contributed by atoms with Crippen molar-refractivity contribution in [3.8, 4) is 11.5 Å². The molecule has 0 saturated carbocycles. The molecule has 0 aliphatic heterocycles. The van der Waals surface area contributed by atoms with Crippen LogP contribution in [-0.2, 0) is 13.0 Å². The number of rotatable bonds is 6.